The van der Waals surface area contributed by atoms with Crippen molar-refractivity contribution >= 4 is 11.4 Å². The Bertz CT molecular complexity index is 778. The maximum absolute atomic E-state index is 5.48. The molecule has 126 valence electrons. The van der Waals surface area contributed by atoms with E-state index in [-0.39, 0.29) is 0 Å². The third-order valence-electron chi connectivity index (χ3n) is 4.67. The van der Waals surface area contributed by atoms with Crippen LogP contribution in [0.5, 0.6) is 17.2 Å². The smallest absolute Gasteiger partial charge is 0.205 e. The van der Waals surface area contributed by atoms with Gasteiger partial charge in [0.1, 0.15) is 5.75 Å². The van der Waals surface area contributed by atoms with Gasteiger partial charge in [-0.2, -0.15) is 4.58 Å². The Hall–Kier alpha value is -2.49. The molecule has 0 amide bonds. The van der Waals surface area contributed by atoms with Crippen molar-refractivity contribution in [2.45, 2.75) is 26.3 Å². The van der Waals surface area contributed by atoms with Crippen molar-refractivity contribution in [3.05, 3.63) is 47.5 Å². The van der Waals surface area contributed by atoms with E-state index in [9.17, 15) is 0 Å². The fraction of sp³-hybridized carbons (Fsp3) is 0.350. The Morgan fingerprint density at radius 3 is 2.12 bits per heavy atom. The second-order valence-corrected chi connectivity index (χ2v) is 6.07. The number of hydrogen-bond acceptors (Lipinski definition) is 3. The summed E-state index contributed by atoms with van der Waals surface area (Å²) in [7, 11) is 5.04. The van der Waals surface area contributed by atoms with Crippen LogP contribution in [0.1, 0.15) is 25.0 Å². The molecule has 0 saturated heterocycles. The Labute approximate surface area is 143 Å². The van der Waals surface area contributed by atoms with E-state index in [2.05, 4.69) is 42.7 Å². The zero-order chi connectivity index (χ0) is 17.3. The topological polar surface area (TPSA) is 30.7 Å². The fourth-order valence-corrected chi connectivity index (χ4v) is 3.49. The van der Waals surface area contributed by atoms with Gasteiger partial charge < -0.3 is 14.2 Å². The molecule has 2 aromatic rings. The molecule has 1 unspecified atom stereocenters. The summed E-state index contributed by atoms with van der Waals surface area (Å²) in [6.07, 6.45) is 0.957. The first kappa shape index (κ1) is 16.4. The molecule has 0 saturated carbocycles. The van der Waals surface area contributed by atoms with Crippen molar-refractivity contribution in [1.82, 2.24) is 0 Å². The molecule has 0 N–H and O–H groups in total. The highest BCUT2D eigenvalue weighted by atomic mass is 16.5. The van der Waals surface area contributed by atoms with E-state index in [4.69, 9.17) is 14.2 Å². The van der Waals surface area contributed by atoms with Gasteiger partial charge in [0.05, 0.1) is 21.3 Å². The van der Waals surface area contributed by atoms with Gasteiger partial charge in [-0.15, -0.1) is 0 Å². The number of ether oxygens (including phenoxy) is 3. The maximum atomic E-state index is 5.48. The van der Waals surface area contributed by atoms with Crippen molar-refractivity contribution < 1.29 is 18.8 Å². The van der Waals surface area contributed by atoms with Gasteiger partial charge in [-0.05, 0) is 36.8 Å². The average molecular weight is 326 g/mol. The van der Waals surface area contributed by atoms with Crippen LogP contribution in [-0.4, -0.2) is 37.7 Å². The number of benzene rings is 2. The minimum Gasteiger partial charge on any atom is -0.497 e. The van der Waals surface area contributed by atoms with Crippen LogP contribution in [0.25, 0.3) is 0 Å². The third-order valence-corrected chi connectivity index (χ3v) is 4.67. The Morgan fingerprint density at radius 1 is 0.917 bits per heavy atom. The van der Waals surface area contributed by atoms with E-state index in [1.807, 2.05) is 12.1 Å². The first-order valence-electron chi connectivity index (χ1n) is 8.11. The molecule has 0 aliphatic carbocycles. The quantitative estimate of drug-likeness (QED) is 0.801. The minimum absolute atomic E-state index is 0.365. The molecule has 4 heteroatoms. The number of nitrogens with zero attached hydrogens (tertiary/aromatic N) is 1. The maximum Gasteiger partial charge on any atom is 0.205 e. The highest BCUT2D eigenvalue weighted by Gasteiger charge is 2.31. The van der Waals surface area contributed by atoms with Crippen molar-refractivity contribution in [2.24, 2.45) is 0 Å². The normalized spacial score (nSPS) is 16.6. The van der Waals surface area contributed by atoms with Crippen LogP contribution in [0, 0.1) is 0 Å². The lowest BCUT2D eigenvalue weighted by Crippen LogP contribution is -2.32. The van der Waals surface area contributed by atoms with Gasteiger partial charge in [-0.3, -0.25) is 0 Å². The van der Waals surface area contributed by atoms with Crippen molar-refractivity contribution in [3.8, 4) is 17.2 Å². The van der Waals surface area contributed by atoms with Gasteiger partial charge in [0, 0.05) is 31.0 Å². The fourth-order valence-electron chi connectivity index (χ4n) is 3.49. The van der Waals surface area contributed by atoms with Crippen LogP contribution < -0.4 is 14.2 Å². The van der Waals surface area contributed by atoms with Crippen LogP contribution in [0.3, 0.4) is 0 Å². The van der Waals surface area contributed by atoms with Gasteiger partial charge in [-0.1, -0.05) is 0 Å². The highest BCUT2D eigenvalue weighted by Crippen LogP contribution is 2.35. The van der Waals surface area contributed by atoms with Gasteiger partial charge >= 0.3 is 0 Å². The molecule has 1 aliphatic rings. The van der Waals surface area contributed by atoms with Gasteiger partial charge in [0.25, 0.3) is 0 Å². The average Bonchev–Trinajstić information content (AvgIpc) is 2.61. The molecule has 0 spiro atoms. The summed E-state index contributed by atoms with van der Waals surface area (Å²) in [6, 6.07) is 12.7. The highest BCUT2D eigenvalue weighted by molar-refractivity contribution is 5.98. The second kappa shape index (κ2) is 6.56. The molecule has 2 aromatic carbocycles. The predicted octanol–water partition coefficient (Wildman–Crippen LogP) is 3.81. The Balaban J connectivity index is 2.13. The third kappa shape index (κ3) is 2.73. The van der Waals surface area contributed by atoms with Crippen LogP contribution in [0.2, 0.25) is 0 Å². The molecule has 1 aliphatic heterocycles. The lowest BCUT2D eigenvalue weighted by molar-refractivity contribution is -0.482. The largest absolute Gasteiger partial charge is 0.497 e. The van der Waals surface area contributed by atoms with Crippen LogP contribution >= 0.6 is 0 Å². The lowest BCUT2D eigenvalue weighted by atomic mass is 9.92. The minimum atomic E-state index is 0.365. The predicted molar refractivity (Wildman–Crippen MR) is 95.4 cm³/mol. The Kier molecular flexibility index (Phi) is 4.47. The van der Waals surface area contributed by atoms with Crippen molar-refractivity contribution in [2.75, 3.05) is 21.3 Å². The summed E-state index contributed by atoms with van der Waals surface area (Å²) in [4.78, 5) is 0. The number of methoxy groups -OCH3 is 3. The molecule has 1 heterocycles. The van der Waals surface area contributed by atoms with Crippen LogP contribution in [0.4, 0.5) is 5.69 Å². The molecular formula is C20H24NO3+. The second-order valence-electron chi connectivity index (χ2n) is 6.07. The summed E-state index contributed by atoms with van der Waals surface area (Å²) < 4.78 is 18.6. The number of rotatable bonds is 4. The summed E-state index contributed by atoms with van der Waals surface area (Å²) in [5.41, 5.74) is 4.89. The first-order valence-corrected chi connectivity index (χ1v) is 8.11. The summed E-state index contributed by atoms with van der Waals surface area (Å²) in [6.45, 7) is 4.40. The van der Waals surface area contributed by atoms with Gasteiger partial charge in [0.15, 0.2) is 23.3 Å². The van der Waals surface area contributed by atoms with E-state index in [0.29, 0.717) is 6.04 Å². The molecule has 0 radical (unpaired) electrons. The summed E-state index contributed by atoms with van der Waals surface area (Å²) in [5.74, 6) is 2.42. The van der Waals surface area contributed by atoms with Crippen LogP contribution in [-0.2, 0) is 6.42 Å². The molecule has 0 fully saturated rings. The SMILES string of the molecule is COc1ccc([N+]2=C(C)c3cc(OC)c(OC)cc3CC2C)cc1. The zero-order valence-corrected chi connectivity index (χ0v) is 14.9. The van der Waals surface area contributed by atoms with E-state index in [1.54, 1.807) is 21.3 Å². The van der Waals surface area contributed by atoms with Gasteiger partial charge in [-0.25, -0.2) is 0 Å². The first-order chi connectivity index (χ1) is 11.6. The standard InChI is InChI=1S/C20H24NO3/c1-13-10-15-11-19(23-4)20(24-5)12-18(15)14(2)21(13)16-6-8-17(22-3)9-7-16/h6-9,11-13H,10H2,1-5H3/q+1. The molecule has 24 heavy (non-hydrogen) atoms. The lowest BCUT2D eigenvalue weighted by Gasteiger charge is -2.23. The van der Waals surface area contributed by atoms with E-state index in [0.717, 1.165) is 23.7 Å². The summed E-state index contributed by atoms with van der Waals surface area (Å²) in [5, 5.41) is 0. The van der Waals surface area contributed by atoms with Crippen LogP contribution in [0.15, 0.2) is 36.4 Å². The molecule has 1 atom stereocenters. The van der Waals surface area contributed by atoms with E-state index >= 15 is 0 Å². The monoisotopic (exact) mass is 326 g/mol. The van der Waals surface area contributed by atoms with E-state index < -0.39 is 0 Å². The van der Waals surface area contributed by atoms with Gasteiger partial charge in [0.2, 0.25) is 5.69 Å². The molecule has 0 aromatic heterocycles. The molecule has 0 bridgehead atoms. The molecule has 3 rings (SSSR count). The van der Waals surface area contributed by atoms with E-state index in [1.165, 1.54) is 22.5 Å². The van der Waals surface area contributed by atoms with Crippen molar-refractivity contribution in [3.63, 3.8) is 0 Å². The zero-order valence-electron chi connectivity index (χ0n) is 14.9. The molecule has 4 nitrogen and oxygen atoms in total. The molecular weight excluding hydrogens is 302 g/mol. The summed E-state index contributed by atoms with van der Waals surface area (Å²) >= 11 is 0. The Morgan fingerprint density at radius 2 is 1.54 bits per heavy atom. The number of hydrogen-bond donors (Lipinski definition) is 0. The number of fused-ring (bicyclic) bond motifs is 1. The van der Waals surface area contributed by atoms with Crippen molar-refractivity contribution in [1.29, 1.82) is 0 Å².